The van der Waals surface area contributed by atoms with Gasteiger partial charge in [-0.05, 0) is 29.9 Å². The topological polar surface area (TPSA) is 64.7 Å². The first-order chi connectivity index (χ1) is 8.81. The molecule has 0 aromatic heterocycles. The van der Waals surface area contributed by atoms with Crippen LogP contribution in [0, 0.1) is 0 Å². The van der Waals surface area contributed by atoms with Crippen molar-refractivity contribution in [3.05, 3.63) is 23.8 Å². The maximum atomic E-state index is 8.71. The molecule has 0 radical (unpaired) electrons. The van der Waals surface area contributed by atoms with Crippen molar-refractivity contribution in [2.75, 3.05) is 31.3 Å². The highest BCUT2D eigenvalue weighted by Crippen LogP contribution is 2.32. The Bertz CT molecular complexity index is 386. The van der Waals surface area contributed by atoms with E-state index in [0.717, 1.165) is 35.0 Å². The van der Waals surface area contributed by atoms with Gasteiger partial charge in [0.05, 0.1) is 0 Å². The van der Waals surface area contributed by atoms with Gasteiger partial charge < -0.3 is 20.3 Å². The van der Waals surface area contributed by atoms with Gasteiger partial charge in [0, 0.05) is 18.4 Å². The highest BCUT2D eigenvalue weighted by molar-refractivity contribution is 7.99. The third kappa shape index (κ3) is 3.54. The van der Waals surface area contributed by atoms with Crippen LogP contribution in [0.15, 0.2) is 18.2 Å². The molecule has 1 aromatic carbocycles. The van der Waals surface area contributed by atoms with Crippen molar-refractivity contribution in [2.45, 2.75) is 12.5 Å². The molecule has 0 fully saturated rings. The number of hydrogen-bond acceptors (Lipinski definition) is 5. The van der Waals surface area contributed by atoms with E-state index in [1.54, 1.807) is 11.8 Å². The molecule has 1 atom stereocenters. The van der Waals surface area contributed by atoms with Gasteiger partial charge in [0.15, 0.2) is 11.5 Å². The zero-order chi connectivity index (χ0) is 12.8. The van der Waals surface area contributed by atoms with Gasteiger partial charge in [-0.15, -0.1) is 0 Å². The van der Waals surface area contributed by atoms with Crippen LogP contribution in [0.5, 0.6) is 11.5 Å². The van der Waals surface area contributed by atoms with E-state index < -0.39 is 0 Å². The number of hydrogen-bond donors (Lipinski definition) is 2. The Labute approximate surface area is 111 Å². The smallest absolute Gasteiger partial charge is 0.161 e. The number of benzene rings is 1. The zero-order valence-electron chi connectivity index (χ0n) is 10.3. The first kappa shape index (κ1) is 13.5. The van der Waals surface area contributed by atoms with Crippen LogP contribution in [0.1, 0.15) is 18.0 Å². The number of aliphatic hydroxyl groups excluding tert-OH is 1. The number of aliphatic hydroxyl groups is 1. The lowest BCUT2D eigenvalue weighted by Gasteiger charge is -2.20. The Kier molecular flexibility index (Phi) is 5.16. The standard InChI is InChI=1S/C13H19NO3S/c14-11(9-18-7-1-4-15)10-2-3-12-13(8-10)17-6-5-16-12/h2-3,8,11,15H,1,4-7,9,14H2. The van der Waals surface area contributed by atoms with Gasteiger partial charge in [-0.1, -0.05) is 6.07 Å². The average molecular weight is 269 g/mol. The quantitative estimate of drug-likeness (QED) is 0.768. The van der Waals surface area contributed by atoms with Crippen molar-refractivity contribution in [1.29, 1.82) is 0 Å². The second-order valence-electron chi connectivity index (χ2n) is 4.16. The molecule has 1 aliphatic heterocycles. The van der Waals surface area contributed by atoms with Crippen LogP contribution in [0.3, 0.4) is 0 Å². The summed E-state index contributed by atoms with van der Waals surface area (Å²) in [7, 11) is 0. The minimum atomic E-state index is -0.00970. The van der Waals surface area contributed by atoms with Crippen molar-refractivity contribution in [3.63, 3.8) is 0 Å². The van der Waals surface area contributed by atoms with E-state index in [9.17, 15) is 0 Å². The van der Waals surface area contributed by atoms with Gasteiger partial charge in [-0.25, -0.2) is 0 Å². The second kappa shape index (κ2) is 6.87. The van der Waals surface area contributed by atoms with Gasteiger partial charge in [-0.3, -0.25) is 0 Å². The molecule has 2 rings (SSSR count). The Hall–Kier alpha value is -0.910. The van der Waals surface area contributed by atoms with Gasteiger partial charge >= 0.3 is 0 Å². The average Bonchev–Trinajstić information content (AvgIpc) is 2.43. The number of ether oxygens (including phenoxy) is 2. The summed E-state index contributed by atoms with van der Waals surface area (Å²) in [4.78, 5) is 0. The van der Waals surface area contributed by atoms with E-state index in [1.165, 1.54) is 0 Å². The lowest BCUT2D eigenvalue weighted by molar-refractivity contribution is 0.171. The van der Waals surface area contributed by atoms with Gasteiger partial charge in [-0.2, -0.15) is 11.8 Å². The molecule has 0 amide bonds. The predicted molar refractivity (Wildman–Crippen MR) is 73.4 cm³/mol. The molecule has 0 saturated carbocycles. The van der Waals surface area contributed by atoms with Crippen LogP contribution in [-0.4, -0.2) is 36.4 Å². The molecule has 4 nitrogen and oxygen atoms in total. The number of nitrogens with two attached hydrogens (primary N) is 1. The summed E-state index contributed by atoms with van der Waals surface area (Å²) in [5.41, 5.74) is 7.20. The third-order valence-corrected chi connectivity index (χ3v) is 3.91. The van der Waals surface area contributed by atoms with E-state index in [4.69, 9.17) is 20.3 Å². The largest absolute Gasteiger partial charge is 0.486 e. The molecule has 1 unspecified atom stereocenters. The normalized spacial score (nSPS) is 15.4. The fourth-order valence-corrected chi connectivity index (χ4v) is 2.71. The Morgan fingerprint density at radius 3 is 2.83 bits per heavy atom. The molecule has 1 aliphatic rings. The Morgan fingerprint density at radius 2 is 2.06 bits per heavy atom. The summed E-state index contributed by atoms with van der Waals surface area (Å²) in [6.45, 7) is 1.44. The third-order valence-electron chi connectivity index (χ3n) is 2.74. The first-order valence-corrected chi connectivity index (χ1v) is 7.30. The Balaban J connectivity index is 1.91. The van der Waals surface area contributed by atoms with Crippen molar-refractivity contribution in [3.8, 4) is 11.5 Å². The van der Waals surface area contributed by atoms with Crippen molar-refractivity contribution >= 4 is 11.8 Å². The van der Waals surface area contributed by atoms with Crippen LogP contribution in [0.2, 0.25) is 0 Å². The van der Waals surface area contributed by atoms with E-state index in [-0.39, 0.29) is 12.6 Å². The van der Waals surface area contributed by atoms with E-state index in [2.05, 4.69) is 0 Å². The van der Waals surface area contributed by atoms with Crippen molar-refractivity contribution in [2.24, 2.45) is 5.73 Å². The molecule has 1 aromatic rings. The van der Waals surface area contributed by atoms with Crippen molar-refractivity contribution < 1.29 is 14.6 Å². The minimum Gasteiger partial charge on any atom is -0.486 e. The second-order valence-corrected chi connectivity index (χ2v) is 5.31. The summed E-state index contributed by atoms with van der Waals surface area (Å²) >= 11 is 1.76. The molecular formula is C13H19NO3S. The molecule has 0 bridgehead atoms. The maximum absolute atomic E-state index is 8.71. The highest BCUT2D eigenvalue weighted by atomic mass is 32.2. The molecule has 18 heavy (non-hydrogen) atoms. The lowest BCUT2D eigenvalue weighted by Crippen LogP contribution is -2.17. The molecule has 0 saturated heterocycles. The first-order valence-electron chi connectivity index (χ1n) is 6.15. The summed E-state index contributed by atoms with van der Waals surface area (Å²) in [6.07, 6.45) is 0.818. The van der Waals surface area contributed by atoms with Crippen molar-refractivity contribution in [1.82, 2.24) is 0 Å². The molecule has 5 heteroatoms. The summed E-state index contributed by atoms with van der Waals surface area (Å²) in [6, 6.07) is 5.86. The van der Waals surface area contributed by atoms with Gasteiger partial charge in [0.2, 0.25) is 0 Å². The molecule has 1 heterocycles. The van der Waals surface area contributed by atoms with Crippen LogP contribution in [-0.2, 0) is 0 Å². The molecular weight excluding hydrogens is 250 g/mol. The highest BCUT2D eigenvalue weighted by Gasteiger charge is 2.14. The fourth-order valence-electron chi connectivity index (χ4n) is 1.76. The van der Waals surface area contributed by atoms with E-state index in [1.807, 2.05) is 18.2 Å². The van der Waals surface area contributed by atoms with E-state index >= 15 is 0 Å². The SMILES string of the molecule is NC(CSCCCO)c1ccc2c(c1)OCCO2. The maximum Gasteiger partial charge on any atom is 0.161 e. The number of fused-ring (bicyclic) bond motifs is 1. The molecule has 0 spiro atoms. The monoisotopic (exact) mass is 269 g/mol. The van der Waals surface area contributed by atoms with Crippen LogP contribution in [0.4, 0.5) is 0 Å². The number of rotatable bonds is 6. The summed E-state index contributed by atoms with van der Waals surface area (Å²) in [5.74, 6) is 3.37. The summed E-state index contributed by atoms with van der Waals surface area (Å²) < 4.78 is 11.0. The van der Waals surface area contributed by atoms with Crippen LogP contribution >= 0.6 is 11.8 Å². The predicted octanol–water partition coefficient (Wildman–Crippen LogP) is 1.57. The van der Waals surface area contributed by atoms with Crippen LogP contribution < -0.4 is 15.2 Å². The van der Waals surface area contributed by atoms with Gasteiger partial charge in [0.1, 0.15) is 13.2 Å². The van der Waals surface area contributed by atoms with E-state index in [0.29, 0.717) is 13.2 Å². The van der Waals surface area contributed by atoms with Gasteiger partial charge in [0.25, 0.3) is 0 Å². The Morgan fingerprint density at radius 1 is 1.28 bits per heavy atom. The lowest BCUT2D eigenvalue weighted by atomic mass is 10.1. The van der Waals surface area contributed by atoms with Crippen LogP contribution in [0.25, 0.3) is 0 Å². The molecule has 100 valence electrons. The fraction of sp³-hybridized carbons (Fsp3) is 0.538. The minimum absolute atomic E-state index is 0.00970. The molecule has 3 N–H and O–H groups in total. The zero-order valence-corrected chi connectivity index (χ0v) is 11.1. The molecule has 0 aliphatic carbocycles. The number of thioether (sulfide) groups is 1. The summed E-state index contributed by atoms with van der Waals surface area (Å²) in [5, 5.41) is 8.71.